The third kappa shape index (κ3) is 4.76. The number of rotatable bonds is 6. The van der Waals surface area contributed by atoms with Gasteiger partial charge in [0, 0.05) is 11.3 Å². The van der Waals surface area contributed by atoms with E-state index in [4.69, 9.17) is 25.5 Å². The first-order chi connectivity index (χ1) is 13.8. The fourth-order valence-electron chi connectivity index (χ4n) is 2.69. The lowest BCUT2D eigenvalue weighted by Gasteiger charge is -2.08. The Labute approximate surface area is 168 Å². The summed E-state index contributed by atoms with van der Waals surface area (Å²) >= 11 is 0. The number of nitrogens with two attached hydrogens (primary N) is 2. The number of ether oxygens (including phenoxy) is 1. The molecule has 1 aromatic heterocycles. The van der Waals surface area contributed by atoms with Gasteiger partial charge in [-0.1, -0.05) is 29.4 Å². The summed E-state index contributed by atoms with van der Waals surface area (Å²) in [7, 11) is 0. The van der Waals surface area contributed by atoms with E-state index in [2.05, 4.69) is 5.16 Å². The molecule has 0 aliphatic rings. The van der Waals surface area contributed by atoms with Gasteiger partial charge in [0.1, 0.15) is 18.1 Å². The number of oxime groups is 1. The van der Waals surface area contributed by atoms with Crippen molar-refractivity contribution in [1.82, 2.24) is 0 Å². The molecule has 29 heavy (non-hydrogen) atoms. The van der Waals surface area contributed by atoms with E-state index in [9.17, 15) is 4.79 Å². The Morgan fingerprint density at radius 3 is 2.69 bits per heavy atom. The minimum absolute atomic E-state index is 0.00501. The zero-order valence-electron chi connectivity index (χ0n) is 16.6. The number of furan rings is 1. The van der Waals surface area contributed by atoms with Crippen LogP contribution in [0.15, 0.2) is 58.1 Å². The van der Waals surface area contributed by atoms with Gasteiger partial charge in [0.2, 0.25) is 5.76 Å². The maximum atomic E-state index is 12.2. The number of carbonyl (C=O) groups excluding carboxylic acids is 1. The first kappa shape index (κ1) is 20.0. The van der Waals surface area contributed by atoms with Crippen LogP contribution in [0.5, 0.6) is 5.75 Å². The number of amidine groups is 1. The van der Waals surface area contributed by atoms with Gasteiger partial charge in [0.15, 0.2) is 5.84 Å². The third-order valence-corrected chi connectivity index (χ3v) is 4.45. The van der Waals surface area contributed by atoms with Crippen LogP contribution in [0.25, 0.3) is 0 Å². The standard InChI is InChI=1S/C22H23N3O4/c1-13-7-8-14(2)20(11-13)27-12-16-9-10-19(28-16)22(26)29-25-21(24)17-5-4-6-18(23)15(17)3/h4-11H,12,23H2,1-3H3,(H2,24,25). The minimum Gasteiger partial charge on any atom is -0.485 e. The molecule has 0 radical (unpaired) electrons. The van der Waals surface area contributed by atoms with Gasteiger partial charge in [0.05, 0.1) is 0 Å². The van der Waals surface area contributed by atoms with Crippen LogP contribution in [0.4, 0.5) is 5.69 Å². The van der Waals surface area contributed by atoms with Crippen LogP contribution in [-0.2, 0) is 11.4 Å². The Balaban J connectivity index is 1.63. The third-order valence-electron chi connectivity index (χ3n) is 4.45. The molecule has 0 fully saturated rings. The van der Waals surface area contributed by atoms with Gasteiger partial charge in [-0.25, -0.2) is 4.79 Å². The topological polar surface area (TPSA) is 113 Å². The van der Waals surface area contributed by atoms with Crippen molar-refractivity contribution in [2.24, 2.45) is 10.9 Å². The Morgan fingerprint density at radius 2 is 1.90 bits per heavy atom. The number of benzene rings is 2. The van der Waals surface area contributed by atoms with E-state index < -0.39 is 5.97 Å². The molecule has 0 unspecified atom stereocenters. The lowest BCUT2D eigenvalue weighted by atomic mass is 10.1. The Hall–Kier alpha value is -3.74. The molecule has 0 saturated carbocycles. The average molecular weight is 393 g/mol. The van der Waals surface area contributed by atoms with E-state index in [1.54, 1.807) is 24.3 Å². The highest BCUT2D eigenvalue weighted by Crippen LogP contribution is 2.21. The number of anilines is 1. The van der Waals surface area contributed by atoms with Crippen molar-refractivity contribution in [3.63, 3.8) is 0 Å². The number of nitrogens with zero attached hydrogens (tertiary/aromatic N) is 1. The summed E-state index contributed by atoms with van der Waals surface area (Å²) in [5.41, 5.74) is 15.8. The largest absolute Gasteiger partial charge is 0.485 e. The van der Waals surface area contributed by atoms with Crippen LogP contribution in [0.3, 0.4) is 0 Å². The van der Waals surface area contributed by atoms with Crippen molar-refractivity contribution in [1.29, 1.82) is 0 Å². The molecule has 2 aromatic carbocycles. The van der Waals surface area contributed by atoms with E-state index in [1.165, 1.54) is 6.07 Å². The summed E-state index contributed by atoms with van der Waals surface area (Å²) in [5, 5.41) is 3.69. The number of hydrogen-bond acceptors (Lipinski definition) is 6. The Morgan fingerprint density at radius 1 is 1.10 bits per heavy atom. The van der Waals surface area contributed by atoms with Crippen molar-refractivity contribution < 1.29 is 18.8 Å². The molecule has 0 aliphatic carbocycles. The van der Waals surface area contributed by atoms with Crippen molar-refractivity contribution in [3.8, 4) is 5.75 Å². The second kappa shape index (κ2) is 8.52. The number of hydrogen-bond donors (Lipinski definition) is 2. The maximum absolute atomic E-state index is 12.2. The highest BCUT2D eigenvalue weighted by atomic mass is 16.7. The molecule has 0 bridgehead atoms. The Kier molecular flexibility index (Phi) is 5.87. The molecular weight excluding hydrogens is 370 g/mol. The minimum atomic E-state index is -0.757. The van der Waals surface area contributed by atoms with Crippen LogP contribution < -0.4 is 16.2 Å². The SMILES string of the molecule is Cc1ccc(C)c(OCc2ccc(C(=O)O/N=C(\N)c3cccc(N)c3C)o2)c1. The Bertz CT molecular complexity index is 1070. The van der Waals surface area contributed by atoms with E-state index >= 15 is 0 Å². The fraction of sp³-hybridized carbons (Fsp3) is 0.182. The molecule has 0 aliphatic heterocycles. The van der Waals surface area contributed by atoms with Gasteiger partial charge in [0.25, 0.3) is 0 Å². The van der Waals surface area contributed by atoms with Crippen molar-refractivity contribution >= 4 is 17.5 Å². The van der Waals surface area contributed by atoms with E-state index in [0.29, 0.717) is 17.0 Å². The van der Waals surface area contributed by atoms with Crippen LogP contribution >= 0.6 is 0 Å². The monoisotopic (exact) mass is 393 g/mol. The van der Waals surface area contributed by atoms with E-state index in [1.807, 2.05) is 39.0 Å². The number of carbonyl (C=O) groups is 1. The second-order valence-electron chi connectivity index (χ2n) is 6.70. The summed E-state index contributed by atoms with van der Waals surface area (Å²) in [4.78, 5) is 17.1. The summed E-state index contributed by atoms with van der Waals surface area (Å²) in [6.07, 6.45) is 0. The van der Waals surface area contributed by atoms with Gasteiger partial charge >= 0.3 is 5.97 Å². The molecule has 1 heterocycles. The van der Waals surface area contributed by atoms with Gasteiger partial charge in [-0.3, -0.25) is 0 Å². The average Bonchev–Trinajstić information content (AvgIpc) is 3.18. The normalized spacial score (nSPS) is 11.3. The molecule has 3 aromatic rings. The molecule has 3 rings (SSSR count). The van der Waals surface area contributed by atoms with Gasteiger partial charge in [-0.05, 0) is 61.7 Å². The van der Waals surface area contributed by atoms with Crippen LogP contribution in [0.2, 0.25) is 0 Å². The van der Waals surface area contributed by atoms with Gasteiger partial charge < -0.3 is 25.5 Å². The lowest BCUT2D eigenvalue weighted by molar-refractivity contribution is 0.0475. The van der Waals surface area contributed by atoms with Gasteiger partial charge in [-0.2, -0.15) is 0 Å². The summed E-state index contributed by atoms with van der Waals surface area (Å²) in [5.74, 6) is 0.549. The zero-order valence-corrected chi connectivity index (χ0v) is 16.6. The van der Waals surface area contributed by atoms with Crippen molar-refractivity contribution in [3.05, 3.63) is 82.3 Å². The number of aryl methyl sites for hydroxylation is 2. The molecule has 4 N–H and O–H groups in total. The molecule has 0 spiro atoms. The van der Waals surface area contributed by atoms with E-state index in [0.717, 1.165) is 22.4 Å². The highest BCUT2D eigenvalue weighted by molar-refractivity contribution is 6.00. The van der Waals surface area contributed by atoms with Crippen molar-refractivity contribution in [2.75, 3.05) is 5.73 Å². The first-order valence-electron chi connectivity index (χ1n) is 9.04. The lowest BCUT2D eigenvalue weighted by Crippen LogP contribution is -2.17. The molecule has 150 valence electrons. The quantitative estimate of drug-likeness (QED) is 0.216. The van der Waals surface area contributed by atoms with Crippen LogP contribution in [-0.4, -0.2) is 11.8 Å². The predicted molar refractivity (Wildman–Crippen MR) is 111 cm³/mol. The van der Waals surface area contributed by atoms with Crippen LogP contribution in [0.1, 0.15) is 38.6 Å². The second-order valence-corrected chi connectivity index (χ2v) is 6.70. The summed E-state index contributed by atoms with van der Waals surface area (Å²) in [6, 6.07) is 14.3. The summed E-state index contributed by atoms with van der Waals surface area (Å²) in [6.45, 7) is 5.95. The van der Waals surface area contributed by atoms with Gasteiger partial charge in [-0.15, -0.1) is 0 Å². The zero-order chi connectivity index (χ0) is 21.0. The molecule has 7 heteroatoms. The molecule has 0 atom stereocenters. The number of nitrogen functional groups attached to an aromatic ring is 1. The van der Waals surface area contributed by atoms with E-state index in [-0.39, 0.29) is 18.2 Å². The predicted octanol–water partition coefficient (Wildman–Crippen LogP) is 3.84. The highest BCUT2D eigenvalue weighted by Gasteiger charge is 2.15. The fourth-order valence-corrected chi connectivity index (χ4v) is 2.69. The molecule has 7 nitrogen and oxygen atoms in total. The summed E-state index contributed by atoms with van der Waals surface area (Å²) < 4.78 is 11.3. The molecular formula is C22H23N3O4. The molecule has 0 amide bonds. The smallest absolute Gasteiger partial charge is 0.400 e. The first-order valence-corrected chi connectivity index (χ1v) is 9.04. The van der Waals surface area contributed by atoms with Crippen LogP contribution in [0, 0.1) is 20.8 Å². The maximum Gasteiger partial charge on any atom is 0.400 e. The molecule has 0 saturated heterocycles. The van der Waals surface area contributed by atoms with Crippen molar-refractivity contribution in [2.45, 2.75) is 27.4 Å².